The van der Waals surface area contributed by atoms with E-state index in [0.29, 0.717) is 38.5 Å². The summed E-state index contributed by atoms with van der Waals surface area (Å²) in [5, 5.41) is 73.5. The average molecular weight is 1500 g/mol. The number of rotatable bonds is 6. The number of fused-ring (bicyclic) bond motifs is 2. The molecule has 0 aliphatic carbocycles. The van der Waals surface area contributed by atoms with Crippen molar-refractivity contribution in [2.75, 3.05) is 0 Å². The molecule has 20 nitrogen and oxygen atoms in total. The minimum absolute atomic E-state index is 0.0968. The van der Waals surface area contributed by atoms with Gasteiger partial charge in [-0.15, -0.1) is 34.0 Å². The molecule has 576 valence electrons. The molecule has 5 aliphatic rings. The molecule has 6 N–H and O–H groups in total. The number of epoxide rings is 2. The maximum Gasteiger partial charge on any atom is 0.309 e. The van der Waals surface area contributed by atoms with Gasteiger partial charge in [-0.3, -0.25) is 28.8 Å². The van der Waals surface area contributed by atoms with Gasteiger partial charge in [-0.05, 0) is 117 Å². The number of carbonyl (C=O) groups is 6. The fourth-order valence-corrected chi connectivity index (χ4v) is 15.1. The number of hydrogen-bond acceptors (Lipinski definition) is 23. The molecule has 8 heterocycles. The number of hydrogen-bond donors (Lipinski definition) is 6. The van der Waals surface area contributed by atoms with Gasteiger partial charge in [0.2, 0.25) is 0 Å². The van der Waals surface area contributed by atoms with Gasteiger partial charge in [-0.2, -0.15) is 0 Å². The van der Waals surface area contributed by atoms with Gasteiger partial charge in [-0.25, -0.2) is 15.0 Å². The lowest BCUT2D eigenvalue weighted by Crippen LogP contribution is -2.45. The van der Waals surface area contributed by atoms with Crippen LogP contribution in [0.1, 0.15) is 215 Å². The first-order valence-electron chi connectivity index (χ1n) is 36.4. The number of aryl methyl sites for hydroxylation is 3. The summed E-state index contributed by atoms with van der Waals surface area (Å²) in [6.45, 7) is 37.8. The molecule has 104 heavy (non-hydrogen) atoms. The monoisotopic (exact) mass is 1500 g/mol. The molecule has 2 saturated heterocycles. The van der Waals surface area contributed by atoms with Gasteiger partial charge in [0.1, 0.15) is 35.7 Å². The van der Waals surface area contributed by atoms with E-state index in [1.165, 1.54) is 0 Å². The summed E-state index contributed by atoms with van der Waals surface area (Å²) >= 11 is 4.66. The highest BCUT2D eigenvalue weighted by Crippen LogP contribution is 2.46. The molecule has 19 atom stereocenters. The normalized spacial score (nSPS) is 36.2. The zero-order valence-electron chi connectivity index (χ0n) is 64.9. The molecule has 23 heteroatoms. The lowest BCUT2D eigenvalue weighted by Gasteiger charge is -2.34. The van der Waals surface area contributed by atoms with Crippen LogP contribution < -0.4 is 0 Å². The summed E-state index contributed by atoms with van der Waals surface area (Å²) in [5.41, 5.74) is 1.65. The minimum atomic E-state index is -1.25. The second-order valence-electron chi connectivity index (χ2n) is 31.8. The molecule has 0 aromatic carbocycles. The third-order valence-electron chi connectivity index (χ3n) is 21.7. The van der Waals surface area contributed by atoms with Crippen LogP contribution in [0.2, 0.25) is 0 Å². The Morgan fingerprint density at radius 3 is 1.04 bits per heavy atom. The van der Waals surface area contributed by atoms with Crippen molar-refractivity contribution in [2.24, 2.45) is 51.8 Å². The quantitative estimate of drug-likeness (QED) is 0.0578. The lowest BCUT2D eigenvalue weighted by atomic mass is 9.73. The standard InChI is InChI=1S/2C27H39NO6S.C27H39NO5S/c2*1-15-9-8-10-27(7)22(34-27)12-20(16(2)11-19-14-35-18(4)28-19)33-23(30)13-21(29)26(5,6)25(32)17(3)24(15)31;1-16-9-8-10-17(2)25(31)19(4)26(32)27(6,7)23(29)14-24(30)33-22(12-11-16)18(3)13-21-15-34-20(5)28-21/h2*8-9,11,14-15,17,20-22,24,29,31H,10,12-13H2,1-7H3;8,10-11,13,15,17,19,22-23,25,29,31H,9,12,14H2,1-7H3/b2*9-8+,16-11+;10-8+,16-11-,18-13+/t15-,17+,20?,21-,22+,24-,27-;15-,17+,20?,21-,22-,24-,27+;17-,19+,22?,23-,25-/m000/s1. The second-order valence-corrected chi connectivity index (χ2v) is 35.0. The number of ketones is 3. The molecular formula is C81H117N3O17S3. The Kier molecular flexibility index (Phi) is 30.9. The summed E-state index contributed by atoms with van der Waals surface area (Å²) < 4.78 is 29.5. The summed E-state index contributed by atoms with van der Waals surface area (Å²) in [7, 11) is 0. The van der Waals surface area contributed by atoms with E-state index < -0.39 is 107 Å². The van der Waals surface area contributed by atoms with Crippen LogP contribution >= 0.6 is 34.0 Å². The van der Waals surface area contributed by atoms with Crippen LogP contribution in [0.15, 0.2) is 81.0 Å². The molecule has 3 aromatic rings. The Hall–Kier alpha value is -5.83. The van der Waals surface area contributed by atoms with E-state index in [1.807, 2.05) is 160 Å². The van der Waals surface area contributed by atoms with E-state index in [0.717, 1.165) is 54.4 Å². The highest BCUT2D eigenvalue weighted by molar-refractivity contribution is 7.10. The number of esters is 3. The molecule has 0 radical (unpaired) electrons. The maximum atomic E-state index is 13.2. The number of allylic oxidation sites excluding steroid dienone is 2. The van der Waals surface area contributed by atoms with E-state index in [2.05, 4.69) is 15.0 Å². The summed E-state index contributed by atoms with van der Waals surface area (Å²) in [6, 6.07) is 0. The average Bonchev–Trinajstić information content (AvgIpc) is 1.61. The van der Waals surface area contributed by atoms with E-state index >= 15 is 0 Å². The van der Waals surface area contributed by atoms with Crippen LogP contribution in [0.3, 0.4) is 0 Å². The molecule has 2 fully saturated rings. The zero-order chi connectivity index (χ0) is 77.9. The third kappa shape index (κ3) is 23.6. The Labute approximate surface area is 628 Å². The van der Waals surface area contributed by atoms with Crippen LogP contribution in [0.4, 0.5) is 0 Å². The topological polar surface area (TPSA) is 315 Å². The number of nitrogens with zero attached hydrogens (tertiary/aromatic N) is 3. The molecular weight excluding hydrogens is 1380 g/mol. The van der Waals surface area contributed by atoms with Crippen molar-refractivity contribution in [2.45, 2.75) is 282 Å². The predicted octanol–water partition coefficient (Wildman–Crippen LogP) is 13.5. The second kappa shape index (κ2) is 36.8. The maximum absolute atomic E-state index is 13.2. The molecule has 3 aromatic heterocycles. The Morgan fingerprint density at radius 1 is 0.452 bits per heavy atom. The molecule has 5 aliphatic heterocycles. The van der Waals surface area contributed by atoms with Gasteiger partial charge in [-0.1, -0.05) is 131 Å². The van der Waals surface area contributed by atoms with Crippen LogP contribution in [-0.4, -0.2) is 159 Å². The van der Waals surface area contributed by atoms with Gasteiger partial charge in [0, 0.05) is 70.9 Å². The van der Waals surface area contributed by atoms with Gasteiger partial charge in [0.05, 0.1) is 128 Å². The highest BCUT2D eigenvalue weighted by atomic mass is 32.1. The fraction of sp³-hybridized carbons (Fsp3) is 0.642. The van der Waals surface area contributed by atoms with Crippen molar-refractivity contribution in [3.05, 3.63) is 113 Å². The summed E-state index contributed by atoms with van der Waals surface area (Å²) in [4.78, 5) is 91.6. The molecule has 8 rings (SSSR count). The number of carbonyl (C=O) groups excluding carboxylic acids is 6. The van der Waals surface area contributed by atoms with Crippen molar-refractivity contribution in [3.8, 4) is 0 Å². The molecule has 0 bridgehead atoms. The van der Waals surface area contributed by atoms with Gasteiger partial charge in [0.15, 0.2) is 0 Å². The van der Waals surface area contributed by atoms with Gasteiger partial charge < -0.3 is 54.3 Å². The van der Waals surface area contributed by atoms with Gasteiger partial charge >= 0.3 is 17.9 Å². The number of aromatic nitrogens is 3. The molecule has 0 amide bonds. The van der Waals surface area contributed by atoms with Crippen LogP contribution in [0, 0.1) is 72.5 Å². The summed E-state index contributed by atoms with van der Waals surface area (Å²) in [6.07, 6.45) is 13.8. The first-order chi connectivity index (χ1) is 48.3. The Bertz CT molecular complexity index is 3540. The van der Waals surface area contributed by atoms with Crippen LogP contribution in [0.5, 0.6) is 0 Å². The van der Waals surface area contributed by atoms with E-state index in [9.17, 15) is 59.4 Å². The van der Waals surface area contributed by atoms with E-state index in [4.69, 9.17) is 23.7 Å². The first kappa shape index (κ1) is 87.1. The van der Waals surface area contributed by atoms with Crippen molar-refractivity contribution < 1.29 is 83.1 Å². The van der Waals surface area contributed by atoms with E-state index in [-0.39, 0.29) is 77.8 Å². The molecule has 0 spiro atoms. The predicted molar refractivity (Wildman–Crippen MR) is 408 cm³/mol. The van der Waals surface area contributed by atoms with Crippen molar-refractivity contribution in [1.82, 2.24) is 15.0 Å². The van der Waals surface area contributed by atoms with Gasteiger partial charge in [0.25, 0.3) is 0 Å². The number of thiazole rings is 3. The van der Waals surface area contributed by atoms with E-state index in [1.54, 1.807) is 96.3 Å². The van der Waals surface area contributed by atoms with Crippen LogP contribution in [-0.2, 0) is 52.5 Å². The number of cyclic esters (lactones) is 3. The SMILES string of the molecule is C/C(=C\c1csc(C)n1)C1C[C@@H]2O[C@]2(C)C/C=C/[C@H](C)[C@H](O)[C@@H](C)C(=O)C(C)(C)[C@@H](O)CC(=O)O1.C/C(=C\c1csc(C)n1)C1C[C@H]2O[C@@]2(C)C/C=C/[C@H](C)[C@H](O)[C@@H](C)C(=O)C(C)(C)[C@@H](O)CC(=O)O1.C/C1=C/CC(/C(C)=C/c2csc(C)n2)OC(=O)C[C@H](O)C(C)(C)C(=O)[C@H](C)[C@@H](O)[C@@H](C)/C=C/C1. The molecule has 0 saturated carbocycles. The Morgan fingerprint density at radius 2 is 0.740 bits per heavy atom. The third-order valence-corrected chi connectivity index (χ3v) is 24.0. The van der Waals surface area contributed by atoms with Crippen molar-refractivity contribution >= 4 is 87.5 Å². The number of aliphatic hydroxyl groups is 6. The minimum Gasteiger partial charge on any atom is -0.458 e. The summed E-state index contributed by atoms with van der Waals surface area (Å²) in [5.74, 6) is -5.42. The zero-order valence-corrected chi connectivity index (χ0v) is 67.4. The number of aliphatic hydroxyl groups excluding tert-OH is 6. The largest absolute Gasteiger partial charge is 0.458 e. The smallest absolute Gasteiger partial charge is 0.309 e. The number of ether oxygens (including phenoxy) is 5. The molecule has 3 unspecified atom stereocenters. The highest BCUT2D eigenvalue weighted by Gasteiger charge is 2.54. The number of Topliss-reactive ketones (excluding diaryl/α,β-unsaturated/α-hetero) is 3. The van der Waals surface area contributed by atoms with Crippen molar-refractivity contribution in [1.29, 1.82) is 0 Å². The fourth-order valence-electron chi connectivity index (χ4n) is 13.4. The first-order valence-corrected chi connectivity index (χ1v) is 39.1. The Balaban J connectivity index is 0.000000245. The van der Waals surface area contributed by atoms with Crippen molar-refractivity contribution in [3.63, 3.8) is 0 Å². The van der Waals surface area contributed by atoms with Crippen LogP contribution in [0.25, 0.3) is 18.2 Å². The lowest BCUT2D eigenvalue weighted by molar-refractivity contribution is -0.156.